The predicted molar refractivity (Wildman–Crippen MR) is 53.2 cm³/mol. The van der Waals surface area contributed by atoms with Gasteiger partial charge in [-0.05, 0) is 25.1 Å². The van der Waals surface area contributed by atoms with Crippen molar-refractivity contribution >= 4 is 5.65 Å². The van der Waals surface area contributed by atoms with E-state index in [1.54, 1.807) is 10.5 Å². The van der Waals surface area contributed by atoms with Crippen molar-refractivity contribution in [2.75, 3.05) is 13.1 Å². The summed E-state index contributed by atoms with van der Waals surface area (Å²) in [7, 11) is 0. The Bertz CT molecular complexity index is 487. The summed E-state index contributed by atoms with van der Waals surface area (Å²) in [5, 5.41) is 11.4. The average Bonchev–Trinajstić information content (AvgIpc) is 2.83. The van der Waals surface area contributed by atoms with Gasteiger partial charge in [-0.3, -0.25) is 4.40 Å². The second kappa shape index (κ2) is 3.27. The second-order valence-corrected chi connectivity index (χ2v) is 3.82. The molecule has 5 heteroatoms. The zero-order chi connectivity index (χ0) is 10.3. The van der Waals surface area contributed by atoms with Gasteiger partial charge < -0.3 is 5.32 Å². The molecule has 78 valence electrons. The Kier molecular flexibility index (Phi) is 1.92. The number of nitrogens with one attached hydrogen (secondary N) is 1. The van der Waals surface area contributed by atoms with E-state index in [9.17, 15) is 4.39 Å². The van der Waals surface area contributed by atoms with Crippen LogP contribution in [0.15, 0.2) is 18.3 Å². The van der Waals surface area contributed by atoms with Crippen LogP contribution in [0.1, 0.15) is 18.2 Å². The van der Waals surface area contributed by atoms with E-state index < -0.39 is 0 Å². The van der Waals surface area contributed by atoms with Gasteiger partial charge in [-0.15, -0.1) is 10.2 Å². The molecule has 4 nitrogen and oxygen atoms in total. The molecule has 1 fully saturated rings. The minimum absolute atomic E-state index is 0.255. The van der Waals surface area contributed by atoms with Crippen LogP contribution in [0.3, 0.4) is 0 Å². The van der Waals surface area contributed by atoms with Crippen LogP contribution in [-0.2, 0) is 0 Å². The Balaban J connectivity index is 2.13. The molecule has 2 aromatic heterocycles. The van der Waals surface area contributed by atoms with Crippen molar-refractivity contribution in [3.05, 3.63) is 30.0 Å². The molecular formula is C10H11FN4. The fraction of sp³-hybridized carbons (Fsp3) is 0.400. The van der Waals surface area contributed by atoms with E-state index in [1.807, 2.05) is 0 Å². The van der Waals surface area contributed by atoms with Crippen molar-refractivity contribution in [3.63, 3.8) is 0 Å². The quantitative estimate of drug-likeness (QED) is 0.755. The van der Waals surface area contributed by atoms with Gasteiger partial charge >= 0.3 is 0 Å². The van der Waals surface area contributed by atoms with Crippen LogP contribution in [0.4, 0.5) is 4.39 Å². The molecule has 1 aliphatic rings. The average molecular weight is 206 g/mol. The van der Waals surface area contributed by atoms with E-state index in [2.05, 4.69) is 15.5 Å². The molecule has 15 heavy (non-hydrogen) atoms. The highest BCUT2D eigenvalue weighted by molar-refractivity contribution is 5.38. The maximum absolute atomic E-state index is 13.1. The van der Waals surface area contributed by atoms with Crippen molar-refractivity contribution in [3.8, 4) is 0 Å². The highest BCUT2D eigenvalue weighted by atomic mass is 19.1. The second-order valence-electron chi connectivity index (χ2n) is 3.82. The Labute approximate surface area is 86.1 Å². The van der Waals surface area contributed by atoms with Gasteiger partial charge in [0.2, 0.25) is 0 Å². The molecule has 1 aliphatic heterocycles. The molecule has 2 aromatic rings. The summed E-state index contributed by atoms with van der Waals surface area (Å²) >= 11 is 0. The minimum atomic E-state index is -0.255. The van der Waals surface area contributed by atoms with Crippen LogP contribution in [0.2, 0.25) is 0 Å². The molecule has 0 saturated carbocycles. The smallest absolute Gasteiger partial charge is 0.160 e. The number of pyridine rings is 1. The topological polar surface area (TPSA) is 42.2 Å². The third kappa shape index (κ3) is 1.39. The SMILES string of the molecule is Fc1ccc2nnc([C@@H]3CCNC3)n2c1. The fourth-order valence-corrected chi connectivity index (χ4v) is 2.04. The van der Waals surface area contributed by atoms with E-state index >= 15 is 0 Å². The highest BCUT2D eigenvalue weighted by Gasteiger charge is 2.21. The van der Waals surface area contributed by atoms with Crippen molar-refractivity contribution < 1.29 is 4.39 Å². The molecule has 3 heterocycles. The van der Waals surface area contributed by atoms with Crippen LogP contribution in [0.25, 0.3) is 5.65 Å². The van der Waals surface area contributed by atoms with E-state index in [1.165, 1.54) is 12.3 Å². The fourth-order valence-electron chi connectivity index (χ4n) is 2.04. The molecule has 1 saturated heterocycles. The van der Waals surface area contributed by atoms with Crippen LogP contribution >= 0.6 is 0 Å². The lowest BCUT2D eigenvalue weighted by Gasteiger charge is -2.05. The zero-order valence-electron chi connectivity index (χ0n) is 8.15. The van der Waals surface area contributed by atoms with Gasteiger partial charge in [-0.2, -0.15) is 0 Å². The molecule has 0 spiro atoms. The summed E-state index contributed by atoms with van der Waals surface area (Å²) in [5.41, 5.74) is 0.707. The van der Waals surface area contributed by atoms with Gasteiger partial charge in [0.15, 0.2) is 5.65 Å². The third-order valence-corrected chi connectivity index (χ3v) is 2.82. The largest absolute Gasteiger partial charge is 0.316 e. The molecular weight excluding hydrogens is 195 g/mol. The first-order valence-electron chi connectivity index (χ1n) is 5.05. The summed E-state index contributed by atoms with van der Waals surface area (Å²) in [4.78, 5) is 0. The maximum atomic E-state index is 13.1. The first kappa shape index (κ1) is 8.79. The Morgan fingerprint density at radius 2 is 2.33 bits per heavy atom. The van der Waals surface area contributed by atoms with Crippen LogP contribution in [-0.4, -0.2) is 27.7 Å². The van der Waals surface area contributed by atoms with E-state index in [-0.39, 0.29) is 5.82 Å². The maximum Gasteiger partial charge on any atom is 0.160 e. The van der Waals surface area contributed by atoms with E-state index in [0.717, 1.165) is 25.3 Å². The summed E-state index contributed by atoms with van der Waals surface area (Å²) in [5.74, 6) is 0.950. The van der Waals surface area contributed by atoms with Gasteiger partial charge in [0.05, 0.1) is 0 Å². The first-order chi connectivity index (χ1) is 7.34. The predicted octanol–water partition coefficient (Wildman–Crippen LogP) is 0.945. The summed E-state index contributed by atoms with van der Waals surface area (Å²) < 4.78 is 14.8. The summed E-state index contributed by atoms with van der Waals surface area (Å²) in [6, 6.07) is 3.05. The van der Waals surface area contributed by atoms with Crippen molar-refractivity contribution in [2.45, 2.75) is 12.3 Å². The van der Waals surface area contributed by atoms with E-state index in [0.29, 0.717) is 11.6 Å². The molecule has 0 amide bonds. The number of rotatable bonds is 1. The molecule has 0 aliphatic carbocycles. The minimum Gasteiger partial charge on any atom is -0.316 e. The molecule has 1 N–H and O–H groups in total. The number of hydrogen-bond acceptors (Lipinski definition) is 3. The molecule has 0 unspecified atom stereocenters. The van der Waals surface area contributed by atoms with Gasteiger partial charge in [-0.1, -0.05) is 0 Å². The monoisotopic (exact) mass is 206 g/mol. The molecule has 0 radical (unpaired) electrons. The third-order valence-electron chi connectivity index (χ3n) is 2.82. The number of hydrogen-bond donors (Lipinski definition) is 1. The standard InChI is InChI=1S/C10H11FN4/c11-8-1-2-9-13-14-10(15(9)6-8)7-3-4-12-5-7/h1-2,6-7,12H,3-5H2/t7-/m1/s1. The Morgan fingerprint density at radius 1 is 1.40 bits per heavy atom. The van der Waals surface area contributed by atoms with Gasteiger partial charge in [0, 0.05) is 18.7 Å². The Morgan fingerprint density at radius 3 is 3.13 bits per heavy atom. The van der Waals surface area contributed by atoms with Crippen LogP contribution in [0.5, 0.6) is 0 Å². The lowest BCUT2D eigenvalue weighted by atomic mass is 10.1. The highest BCUT2D eigenvalue weighted by Crippen LogP contribution is 2.21. The lowest BCUT2D eigenvalue weighted by molar-refractivity contribution is 0.612. The molecule has 1 atom stereocenters. The number of nitrogens with zero attached hydrogens (tertiary/aromatic N) is 3. The van der Waals surface area contributed by atoms with Gasteiger partial charge in [0.1, 0.15) is 11.6 Å². The summed E-state index contributed by atoms with van der Waals surface area (Å²) in [6.07, 6.45) is 2.49. The van der Waals surface area contributed by atoms with Crippen LogP contribution < -0.4 is 5.32 Å². The normalized spacial score (nSPS) is 21.3. The van der Waals surface area contributed by atoms with Gasteiger partial charge in [-0.25, -0.2) is 4.39 Å². The molecule has 3 rings (SSSR count). The van der Waals surface area contributed by atoms with Crippen molar-refractivity contribution in [2.24, 2.45) is 0 Å². The summed E-state index contributed by atoms with van der Waals surface area (Å²) in [6.45, 7) is 1.90. The van der Waals surface area contributed by atoms with Crippen molar-refractivity contribution in [1.29, 1.82) is 0 Å². The molecule has 0 bridgehead atoms. The number of fused-ring (bicyclic) bond motifs is 1. The molecule has 0 aromatic carbocycles. The lowest BCUT2D eigenvalue weighted by Crippen LogP contribution is -2.10. The van der Waals surface area contributed by atoms with Crippen molar-refractivity contribution in [1.82, 2.24) is 19.9 Å². The number of aromatic nitrogens is 3. The van der Waals surface area contributed by atoms with E-state index in [4.69, 9.17) is 0 Å². The van der Waals surface area contributed by atoms with Gasteiger partial charge in [0.25, 0.3) is 0 Å². The van der Waals surface area contributed by atoms with Crippen LogP contribution in [0, 0.1) is 5.82 Å². The zero-order valence-corrected chi connectivity index (χ0v) is 8.15. The Hall–Kier alpha value is -1.49. The first-order valence-corrected chi connectivity index (χ1v) is 5.05. The number of halogens is 1.